The smallest absolute Gasteiger partial charge is 0.106 e. The van der Waals surface area contributed by atoms with Crippen LogP contribution >= 0.6 is 23.2 Å². The van der Waals surface area contributed by atoms with E-state index in [1.165, 1.54) is 11.1 Å². The van der Waals surface area contributed by atoms with E-state index in [0.29, 0.717) is 10.0 Å². The molecule has 1 aromatic heterocycles. The number of hydrogen-bond donors (Lipinski definition) is 1. The summed E-state index contributed by atoms with van der Waals surface area (Å²) in [6.07, 6.45) is 0. The Balaban J connectivity index is 2.53. The molecule has 0 bridgehead atoms. The summed E-state index contributed by atoms with van der Waals surface area (Å²) >= 11 is 12.2. The summed E-state index contributed by atoms with van der Waals surface area (Å²) in [6, 6.07) is 5.81. The number of halogens is 2. The molecule has 0 amide bonds. The lowest BCUT2D eigenvalue weighted by atomic mass is 9.95. The highest BCUT2D eigenvalue weighted by molar-refractivity contribution is 6.42. The molecule has 2 rings (SSSR count). The van der Waals surface area contributed by atoms with Gasteiger partial charge in [0, 0.05) is 5.56 Å². The van der Waals surface area contributed by atoms with E-state index in [2.05, 4.69) is 19.2 Å². The number of rotatable bonds is 4. The van der Waals surface area contributed by atoms with Crippen LogP contribution in [0, 0.1) is 20.8 Å². The first-order chi connectivity index (χ1) is 9.45. The number of nitrogens with one attached hydrogen (secondary N) is 1. The molecule has 2 nitrogen and oxygen atoms in total. The van der Waals surface area contributed by atoms with Crippen molar-refractivity contribution in [1.82, 2.24) is 5.32 Å². The zero-order valence-electron chi connectivity index (χ0n) is 12.2. The fourth-order valence-corrected chi connectivity index (χ4v) is 2.82. The SMILES string of the molecule is CCNC(c1ccc(Cl)c(Cl)c1)c1c(C)oc(C)c1C. The molecule has 0 saturated carbocycles. The van der Waals surface area contributed by atoms with Crippen molar-refractivity contribution in [3.63, 3.8) is 0 Å². The van der Waals surface area contributed by atoms with Crippen LogP contribution in [-0.2, 0) is 0 Å². The minimum Gasteiger partial charge on any atom is -0.466 e. The highest BCUT2D eigenvalue weighted by atomic mass is 35.5. The molecular formula is C16H19Cl2NO. The second-order valence-electron chi connectivity index (χ2n) is 4.92. The Labute approximate surface area is 130 Å². The number of aryl methyl sites for hydroxylation is 2. The summed E-state index contributed by atoms with van der Waals surface area (Å²) < 4.78 is 5.75. The predicted molar refractivity (Wildman–Crippen MR) is 84.9 cm³/mol. The van der Waals surface area contributed by atoms with Crippen molar-refractivity contribution < 1.29 is 4.42 Å². The maximum absolute atomic E-state index is 6.15. The largest absolute Gasteiger partial charge is 0.466 e. The van der Waals surface area contributed by atoms with Crippen molar-refractivity contribution in [2.75, 3.05) is 6.54 Å². The van der Waals surface area contributed by atoms with Gasteiger partial charge >= 0.3 is 0 Å². The zero-order valence-corrected chi connectivity index (χ0v) is 13.7. The topological polar surface area (TPSA) is 25.2 Å². The normalized spacial score (nSPS) is 12.7. The van der Waals surface area contributed by atoms with Crippen LogP contribution in [0.15, 0.2) is 22.6 Å². The average molecular weight is 312 g/mol. The maximum Gasteiger partial charge on any atom is 0.106 e. The van der Waals surface area contributed by atoms with Crippen LogP contribution in [0.5, 0.6) is 0 Å². The number of hydrogen-bond acceptors (Lipinski definition) is 2. The van der Waals surface area contributed by atoms with Gasteiger partial charge in [-0.05, 0) is 50.6 Å². The van der Waals surface area contributed by atoms with Crippen molar-refractivity contribution >= 4 is 23.2 Å². The van der Waals surface area contributed by atoms with E-state index < -0.39 is 0 Å². The summed E-state index contributed by atoms with van der Waals surface area (Å²) in [5, 5.41) is 4.64. The number of furan rings is 1. The summed E-state index contributed by atoms with van der Waals surface area (Å²) in [5.41, 5.74) is 3.45. The van der Waals surface area contributed by atoms with E-state index in [1.807, 2.05) is 32.0 Å². The molecule has 0 radical (unpaired) electrons. The Morgan fingerprint density at radius 2 is 1.80 bits per heavy atom. The van der Waals surface area contributed by atoms with E-state index in [-0.39, 0.29) is 6.04 Å². The lowest BCUT2D eigenvalue weighted by Gasteiger charge is -2.19. The maximum atomic E-state index is 6.15. The monoisotopic (exact) mass is 311 g/mol. The Morgan fingerprint density at radius 1 is 1.10 bits per heavy atom. The van der Waals surface area contributed by atoms with Gasteiger partial charge in [0.15, 0.2) is 0 Å². The van der Waals surface area contributed by atoms with Crippen LogP contribution in [0.4, 0.5) is 0 Å². The first-order valence-electron chi connectivity index (χ1n) is 6.70. The molecule has 108 valence electrons. The molecular weight excluding hydrogens is 293 g/mol. The van der Waals surface area contributed by atoms with Gasteiger partial charge in [0.25, 0.3) is 0 Å². The summed E-state index contributed by atoms with van der Waals surface area (Å²) in [7, 11) is 0. The van der Waals surface area contributed by atoms with Crippen LogP contribution in [0.1, 0.15) is 41.2 Å². The van der Waals surface area contributed by atoms with E-state index in [9.17, 15) is 0 Å². The molecule has 0 aliphatic carbocycles. The van der Waals surface area contributed by atoms with Crippen molar-refractivity contribution in [1.29, 1.82) is 0 Å². The van der Waals surface area contributed by atoms with Gasteiger partial charge in [-0.3, -0.25) is 0 Å². The molecule has 1 aromatic carbocycles. The third-order valence-electron chi connectivity index (χ3n) is 3.59. The van der Waals surface area contributed by atoms with Gasteiger partial charge < -0.3 is 9.73 Å². The number of benzene rings is 1. The fraction of sp³-hybridized carbons (Fsp3) is 0.375. The Morgan fingerprint density at radius 3 is 2.30 bits per heavy atom. The van der Waals surface area contributed by atoms with Gasteiger partial charge in [0.2, 0.25) is 0 Å². The molecule has 0 aliphatic rings. The van der Waals surface area contributed by atoms with E-state index >= 15 is 0 Å². The van der Waals surface area contributed by atoms with Gasteiger partial charge in [0.1, 0.15) is 11.5 Å². The summed E-state index contributed by atoms with van der Waals surface area (Å²) in [5.74, 6) is 1.90. The Bertz CT molecular complexity index is 619. The van der Waals surface area contributed by atoms with Crippen LogP contribution in [0.25, 0.3) is 0 Å². The zero-order chi connectivity index (χ0) is 14.9. The van der Waals surface area contributed by atoms with Crippen LogP contribution in [0.3, 0.4) is 0 Å². The van der Waals surface area contributed by atoms with Crippen molar-refractivity contribution in [3.8, 4) is 0 Å². The molecule has 2 aromatic rings. The van der Waals surface area contributed by atoms with Gasteiger partial charge in [-0.15, -0.1) is 0 Å². The first-order valence-corrected chi connectivity index (χ1v) is 7.46. The van der Waals surface area contributed by atoms with Gasteiger partial charge in [-0.25, -0.2) is 0 Å². The molecule has 0 aliphatic heterocycles. The van der Waals surface area contributed by atoms with Gasteiger partial charge in [0.05, 0.1) is 16.1 Å². The lowest BCUT2D eigenvalue weighted by Crippen LogP contribution is -2.23. The fourth-order valence-electron chi connectivity index (χ4n) is 2.52. The molecule has 1 heterocycles. The van der Waals surface area contributed by atoms with Crippen molar-refractivity contribution in [3.05, 3.63) is 56.5 Å². The van der Waals surface area contributed by atoms with Crippen LogP contribution < -0.4 is 5.32 Å². The second-order valence-corrected chi connectivity index (χ2v) is 5.73. The molecule has 1 atom stereocenters. The average Bonchev–Trinajstić information content (AvgIpc) is 2.65. The molecule has 0 fully saturated rings. The Kier molecular flexibility index (Phi) is 4.79. The quantitative estimate of drug-likeness (QED) is 0.838. The van der Waals surface area contributed by atoms with Crippen molar-refractivity contribution in [2.24, 2.45) is 0 Å². The molecule has 4 heteroatoms. The third kappa shape index (κ3) is 2.88. The molecule has 1 unspecified atom stereocenters. The van der Waals surface area contributed by atoms with Gasteiger partial charge in [-0.2, -0.15) is 0 Å². The van der Waals surface area contributed by atoms with E-state index in [1.54, 1.807) is 0 Å². The third-order valence-corrected chi connectivity index (χ3v) is 4.33. The predicted octanol–water partition coefficient (Wildman–Crippen LogP) is 5.21. The standard InChI is InChI=1S/C16H19Cl2NO/c1-5-19-16(12-6-7-13(17)14(18)8-12)15-9(2)10(3)20-11(15)4/h6-8,16,19H,5H2,1-4H3. The lowest BCUT2D eigenvalue weighted by molar-refractivity contribution is 0.494. The van der Waals surface area contributed by atoms with Crippen molar-refractivity contribution in [2.45, 2.75) is 33.7 Å². The molecule has 0 saturated heterocycles. The van der Waals surface area contributed by atoms with Crippen LogP contribution in [0.2, 0.25) is 10.0 Å². The highest BCUT2D eigenvalue weighted by Gasteiger charge is 2.22. The summed E-state index contributed by atoms with van der Waals surface area (Å²) in [4.78, 5) is 0. The Hall–Kier alpha value is -0.960. The van der Waals surface area contributed by atoms with Gasteiger partial charge in [-0.1, -0.05) is 36.2 Å². The minimum atomic E-state index is 0.0622. The van der Waals surface area contributed by atoms with E-state index in [4.69, 9.17) is 27.6 Å². The molecule has 1 N–H and O–H groups in total. The summed E-state index contributed by atoms with van der Waals surface area (Å²) in [6.45, 7) is 9.01. The molecule has 20 heavy (non-hydrogen) atoms. The second kappa shape index (κ2) is 6.21. The minimum absolute atomic E-state index is 0.0622. The highest BCUT2D eigenvalue weighted by Crippen LogP contribution is 2.34. The van der Waals surface area contributed by atoms with Crippen LogP contribution in [-0.4, -0.2) is 6.54 Å². The first kappa shape index (κ1) is 15.4. The molecule has 0 spiro atoms. The van der Waals surface area contributed by atoms with E-state index in [0.717, 1.165) is 23.6 Å².